The van der Waals surface area contributed by atoms with Crippen LogP contribution in [0.3, 0.4) is 0 Å². The van der Waals surface area contributed by atoms with Gasteiger partial charge in [0.1, 0.15) is 5.56 Å². The van der Waals surface area contributed by atoms with E-state index in [1.54, 1.807) is 12.1 Å². The molecule has 0 fully saturated rings. The maximum absolute atomic E-state index is 10.9. The highest BCUT2D eigenvalue weighted by Gasteiger charge is 2.20. The fourth-order valence-electron chi connectivity index (χ4n) is 1.59. The highest BCUT2D eigenvalue weighted by molar-refractivity contribution is 7.17. The minimum atomic E-state index is -1.35. The molecule has 2 rings (SSSR count). The zero-order valence-electron chi connectivity index (χ0n) is 9.40. The van der Waals surface area contributed by atoms with Gasteiger partial charge >= 0.3 is 5.97 Å². The van der Waals surface area contributed by atoms with Gasteiger partial charge in [-0.3, -0.25) is 14.9 Å². The van der Waals surface area contributed by atoms with E-state index in [2.05, 4.69) is 0 Å². The summed E-state index contributed by atoms with van der Waals surface area (Å²) in [5.74, 6) is -1.35. The van der Waals surface area contributed by atoms with E-state index >= 15 is 0 Å². The van der Waals surface area contributed by atoms with Crippen LogP contribution in [-0.4, -0.2) is 22.3 Å². The summed E-state index contributed by atoms with van der Waals surface area (Å²) in [7, 11) is 0. The smallest absolute Gasteiger partial charge is 0.342 e. The van der Waals surface area contributed by atoms with Crippen LogP contribution in [0.15, 0.2) is 30.3 Å². The third kappa shape index (κ3) is 2.50. The van der Waals surface area contributed by atoms with Gasteiger partial charge in [0.2, 0.25) is 0 Å². The van der Waals surface area contributed by atoms with Gasteiger partial charge < -0.3 is 5.11 Å². The van der Waals surface area contributed by atoms with Crippen LogP contribution < -0.4 is 0 Å². The van der Waals surface area contributed by atoms with Crippen LogP contribution in [-0.2, 0) is 0 Å². The molecule has 0 spiro atoms. The van der Waals surface area contributed by atoms with E-state index in [0.29, 0.717) is 21.6 Å². The number of benzene rings is 1. The predicted octanol–water partition coefficient (Wildman–Crippen LogP) is 2.83. The molecule has 0 aliphatic rings. The van der Waals surface area contributed by atoms with Gasteiger partial charge in [-0.25, -0.2) is 4.79 Å². The minimum absolute atomic E-state index is 0.360. The molecule has 0 unspecified atom stereocenters. The SMILES string of the molecule is O=Cc1ccc(-c2ccc(C(=O)O)c([N+](=O)[O-])c2)s1. The molecule has 0 saturated heterocycles. The van der Waals surface area contributed by atoms with Crippen LogP contribution in [0.1, 0.15) is 20.0 Å². The fraction of sp³-hybridized carbons (Fsp3) is 0. The highest BCUT2D eigenvalue weighted by atomic mass is 32.1. The standard InChI is InChI=1S/C12H7NO5S/c14-6-8-2-4-11(19-8)7-1-3-9(12(15)16)10(5-7)13(17)18/h1-6H,(H,15,16). The highest BCUT2D eigenvalue weighted by Crippen LogP contribution is 2.31. The monoisotopic (exact) mass is 277 g/mol. The lowest BCUT2D eigenvalue weighted by atomic mass is 10.1. The second kappa shape index (κ2) is 4.99. The quantitative estimate of drug-likeness (QED) is 0.526. The molecule has 0 saturated carbocycles. The van der Waals surface area contributed by atoms with E-state index in [1.807, 2.05) is 0 Å². The van der Waals surface area contributed by atoms with E-state index in [1.165, 1.54) is 29.5 Å². The first kappa shape index (κ1) is 12.9. The molecule has 19 heavy (non-hydrogen) atoms. The number of rotatable bonds is 4. The van der Waals surface area contributed by atoms with Crippen molar-refractivity contribution in [2.24, 2.45) is 0 Å². The van der Waals surface area contributed by atoms with Gasteiger partial charge in [0.05, 0.1) is 9.80 Å². The van der Waals surface area contributed by atoms with Crippen LogP contribution in [0, 0.1) is 10.1 Å². The van der Waals surface area contributed by atoms with Gasteiger partial charge in [0, 0.05) is 10.9 Å². The summed E-state index contributed by atoms with van der Waals surface area (Å²) in [4.78, 5) is 32.8. The van der Waals surface area contributed by atoms with E-state index in [0.717, 1.165) is 0 Å². The van der Waals surface area contributed by atoms with Crippen LogP contribution in [0.4, 0.5) is 5.69 Å². The van der Waals surface area contributed by atoms with Crippen molar-refractivity contribution in [3.8, 4) is 10.4 Å². The Hall–Kier alpha value is -2.54. The number of nitro groups is 1. The summed E-state index contributed by atoms with van der Waals surface area (Å²) in [5.41, 5.74) is -0.318. The van der Waals surface area contributed by atoms with Gasteiger partial charge in [-0.2, -0.15) is 0 Å². The largest absolute Gasteiger partial charge is 0.477 e. The summed E-state index contributed by atoms with van der Waals surface area (Å²) in [6.07, 6.45) is 0.689. The zero-order chi connectivity index (χ0) is 14.0. The molecule has 0 amide bonds. The maximum Gasteiger partial charge on any atom is 0.342 e. The van der Waals surface area contributed by atoms with Crippen molar-refractivity contribution in [1.82, 2.24) is 0 Å². The summed E-state index contributed by atoms with van der Waals surface area (Å²) >= 11 is 1.18. The molecule has 0 aliphatic heterocycles. The second-order valence-electron chi connectivity index (χ2n) is 3.61. The average Bonchev–Trinajstić information content (AvgIpc) is 2.86. The number of aldehydes is 1. The normalized spacial score (nSPS) is 10.1. The van der Waals surface area contributed by atoms with Crippen LogP contribution in [0.5, 0.6) is 0 Å². The van der Waals surface area contributed by atoms with Crippen molar-refractivity contribution < 1.29 is 19.6 Å². The van der Waals surface area contributed by atoms with E-state index in [4.69, 9.17) is 5.11 Å². The minimum Gasteiger partial charge on any atom is -0.477 e. The fourth-order valence-corrected chi connectivity index (χ4v) is 2.41. The van der Waals surface area contributed by atoms with Gasteiger partial charge in [-0.15, -0.1) is 11.3 Å². The molecule has 2 aromatic rings. The lowest BCUT2D eigenvalue weighted by Crippen LogP contribution is -2.02. The van der Waals surface area contributed by atoms with Crippen LogP contribution in [0.2, 0.25) is 0 Å². The zero-order valence-corrected chi connectivity index (χ0v) is 10.2. The van der Waals surface area contributed by atoms with Gasteiger partial charge in [-0.05, 0) is 23.8 Å². The molecule has 0 atom stereocenters. The van der Waals surface area contributed by atoms with Crippen molar-refractivity contribution in [2.75, 3.05) is 0 Å². The van der Waals surface area contributed by atoms with Gasteiger partial charge in [0.25, 0.3) is 5.69 Å². The lowest BCUT2D eigenvalue weighted by molar-refractivity contribution is -0.385. The third-order valence-corrected chi connectivity index (χ3v) is 3.51. The van der Waals surface area contributed by atoms with E-state index < -0.39 is 16.6 Å². The summed E-state index contributed by atoms with van der Waals surface area (Å²) in [5, 5.41) is 19.7. The number of thiophene rings is 1. The first-order valence-corrected chi connectivity index (χ1v) is 5.91. The second-order valence-corrected chi connectivity index (χ2v) is 4.73. The number of aromatic carboxylic acids is 1. The van der Waals surface area contributed by atoms with Gasteiger partial charge in [-0.1, -0.05) is 6.07 Å². The number of carboxylic acids is 1. The molecule has 1 aromatic heterocycles. The molecule has 1 heterocycles. The Morgan fingerprint density at radius 3 is 2.58 bits per heavy atom. The first-order valence-electron chi connectivity index (χ1n) is 5.10. The van der Waals surface area contributed by atoms with Crippen molar-refractivity contribution in [2.45, 2.75) is 0 Å². The Bertz CT molecular complexity index is 677. The molecule has 1 aromatic carbocycles. The number of nitro benzene ring substituents is 1. The Balaban J connectivity index is 2.54. The van der Waals surface area contributed by atoms with E-state index in [9.17, 15) is 19.7 Å². The number of carbonyl (C=O) groups is 2. The maximum atomic E-state index is 10.9. The Morgan fingerprint density at radius 2 is 2.05 bits per heavy atom. The lowest BCUT2D eigenvalue weighted by Gasteiger charge is -2.01. The Labute approximate surface area is 111 Å². The molecular formula is C12H7NO5S. The van der Waals surface area contributed by atoms with Crippen LogP contribution in [0.25, 0.3) is 10.4 Å². The topological polar surface area (TPSA) is 97.5 Å². The molecule has 1 N–H and O–H groups in total. The number of nitrogens with zero attached hydrogens (tertiary/aromatic N) is 1. The number of hydrogen-bond acceptors (Lipinski definition) is 5. The van der Waals surface area contributed by atoms with Gasteiger partial charge in [0.15, 0.2) is 6.29 Å². The summed E-state index contributed by atoms with van der Waals surface area (Å²) in [6, 6.07) is 7.13. The summed E-state index contributed by atoms with van der Waals surface area (Å²) < 4.78 is 0. The molecule has 96 valence electrons. The molecular weight excluding hydrogens is 270 g/mol. The molecule has 7 heteroatoms. The number of hydrogen-bond donors (Lipinski definition) is 1. The van der Waals surface area contributed by atoms with Crippen molar-refractivity contribution >= 4 is 29.3 Å². The third-order valence-electron chi connectivity index (χ3n) is 2.45. The Kier molecular flexibility index (Phi) is 3.39. The van der Waals surface area contributed by atoms with Crippen molar-refractivity contribution in [3.05, 3.63) is 50.9 Å². The number of carbonyl (C=O) groups excluding carboxylic acids is 1. The predicted molar refractivity (Wildman–Crippen MR) is 68.8 cm³/mol. The van der Waals surface area contributed by atoms with Crippen molar-refractivity contribution in [1.29, 1.82) is 0 Å². The molecule has 6 nitrogen and oxygen atoms in total. The molecule has 0 aliphatic carbocycles. The summed E-state index contributed by atoms with van der Waals surface area (Å²) in [6.45, 7) is 0. The molecule has 0 bridgehead atoms. The number of carboxylic acid groups (broad SMARTS) is 1. The molecule has 0 radical (unpaired) electrons. The first-order chi connectivity index (χ1) is 9.02. The van der Waals surface area contributed by atoms with Crippen molar-refractivity contribution in [3.63, 3.8) is 0 Å². The van der Waals surface area contributed by atoms with E-state index in [-0.39, 0.29) is 5.56 Å². The average molecular weight is 277 g/mol. The van der Waals surface area contributed by atoms with Crippen LogP contribution >= 0.6 is 11.3 Å². The Morgan fingerprint density at radius 1 is 1.32 bits per heavy atom.